The molecule has 5 nitrogen and oxygen atoms in total. The lowest BCUT2D eigenvalue weighted by atomic mass is 10.1. The summed E-state index contributed by atoms with van der Waals surface area (Å²) in [5.41, 5.74) is 3.50. The van der Waals surface area contributed by atoms with Crippen molar-refractivity contribution in [3.8, 4) is 0 Å². The van der Waals surface area contributed by atoms with Crippen LogP contribution in [0.4, 0.5) is 0 Å². The average Bonchev–Trinajstić information content (AvgIpc) is 2.85. The lowest BCUT2D eigenvalue weighted by Gasteiger charge is -2.05. The Morgan fingerprint density at radius 1 is 1.17 bits per heavy atom. The monoisotopic (exact) mass is 247 g/mol. The number of aryl methyl sites for hydroxylation is 2. The second-order valence-electron chi connectivity index (χ2n) is 4.95. The first-order chi connectivity index (χ1) is 8.56. The Balaban J connectivity index is 1.94. The molecule has 98 valence electrons. The maximum atomic E-state index is 4.50. The fourth-order valence-electron chi connectivity index (χ4n) is 2.06. The van der Waals surface area contributed by atoms with Gasteiger partial charge in [0.2, 0.25) is 0 Å². The second-order valence-corrected chi connectivity index (χ2v) is 4.95. The largest absolute Gasteiger partial charge is 0.307 e. The van der Waals surface area contributed by atoms with Gasteiger partial charge in [0.05, 0.1) is 11.4 Å². The zero-order chi connectivity index (χ0) is 13.1. The summed E-state index contributed by atoms with van der Waals surface area (Å²) in [5.74, 6) is 0.456. The van der Waals surface area contributed by atoms with Crippen LogP contribution in [-0.2, 0) is 27.2 Å². The molecule has 2 aromatic heterocycles. The van der Waals surface area contributed by atoms with E-state index < -0.39 is 0 Å². The number of hydrogen-bond acceptors (Lipinski definition) is 3. The molecule has 0 bridgehead atoms. The summed E-state index contributed by atoms with van der Waals surface area (Å²) in [4.78, 5) is 0. The van der Waals surface area contributed by atoms with Crippen molar-refractivity contribution in [1.29, 1.82) is 0 Å². The highest BCUT2D eigenvalue weighted by molar-refractivity contribution is 5.20. The maximum absolute atomic E-state index is 4.50. The van der Waals surface area contributed by atoms with Gasteiger partial charge in [0.25, 0.3) is 0 Å². The van der Waals surface area contributed by atoms with E-state index in [2.05, 4.69) is 35.6 Å². The van der Waals surface area contributed by atoms with Gasteiger partial charge >= 0.3 is 0 Å². The van der Waals surface area contributed by atoms with Crippen molar-refractivity contribution in [3.05, 3.63) is 35.4 Å². The molecule has 0 saturated carbocycles. The van der Waals surface area contributed by atoms with Gasteiger partial charge in [0.15, 0.2) is 0 Å². The van der Waals surface area contributed by atoms with Crippen LogP contribution in [0.1, 0.15) is 36.7 Å². The van der Waals surface area contributed by atoms with Crippen LogP contribution in [0.25, 0.3) is 0 Å². The fraction of sp³-hybridized carbons (Fsp3) is 0.538. The highest BCUT2D eigenvalue weighted by atomic mass is 15.3. The molecule has 0 aromatic carbocycles. The van der Waals surface area contributed by atoms with Gasteiger partial charge in [0.1, 0.15) is 0 Å². The molecule has 2 heterocycles. The van der Waals surface area contributed by atoms with E-state index in [4.69, 9.17) is 0 Å². The Morgan fingerprint density at radius 3 is 2.56 bits per heavy atom. The van der Waals surface area contributed by atoms with Crippen molar-refractivity contribution in [2.45, 2.75) is 32.9 Å². The molecule has 2 aromatic rings. The quantitative estimate of drug-likeness (QED) is 0.872. The first kappa shape index (κ1) is 12.8. The van der Waals surface area contributed by atoms with E-state index in [0.717, 1.165) is 18.8 Å². The highest BCUT2D eigenvalue weighted by Crippen LogP contribution is 2.16. The molecule has 0 aliphatic heterocycles. The van der Waals surface area contributed by atoms with Crippen molar-refractivity contribution >= 4 is 0 Å². The topological polar surface area (TPSA) is 47.7 Å². The van der Waals surface area contributed by atoms with E-state index in [1.165, 1.54) is 11.3 Å². The molecule has 0 unspecified atom stereocenters. The number of rotatable bonds is 5. The minimum absolute atomic E-state index is 0.456. The molecular weight excluding hydrogens is 226 g/mol. The van der Waals surface area contributed by atoms with E-state index in [1.807, 2.05) is 35.7 Å². The van der Waals surface area contributed by atoms with Crippen molar-refractivity contribution in [3.63, 3.8) is 0 Å². The Labute approximate surface area is 108 Å². The summed E-state index contributed by atoms with van der Waals surface area (Å²) in [5, 5.41) is 12.2. The zero-order valence-electron chi connectivity index (χ0n) is 11.5. The molecule has 0 spiro atoms. The lowest BCUT2D eigenvalue weighted by Crippen LogP contribution is -2.14. The van der Waals surface area contributed by atoms with Crippen molar-refractivity contribution in [2.75, 3.05) is 0 Å². The summed E-state index contributed by atoms with van der Waals surface area (Å²) in [6.45, 7) is 5.96. The number of hydrogen-bond donors (Lipinski definition) is 1. The second kappa shape index (κ2) is 5.35. The number of nitrogens with one attached hydrogen (secondary N) is 1. The van der Waals surface area contributed by atoms with Gasteiger partial charge in [-0.25, -0.2) is 0 Å². The number of aromatic nitrogens is 4. The summed E-state index contributed by atoms with van der Waals surface area (Å²) in [7, 11) is 3.90. The average molecular weight is 247 g/mol. The Kier molecular flexibility index (Phi) is 3.81. The molecule has 1 N–H and O–H groups in total. The summed E-state index contributed by atoms with van der Waals surface area (Å²) < 4.78 is 3.70. The van der Waals surface area contributed by atoms with Gasteiger partial charge in [-0.2, -0.15) is 10.2 Å². The zero-order valence-corrected chi connectivity index (χ0v) is 11.5. The van der Waals surface area contributed by atoms with E-state index in [0.29, 0.717) is 5.92 Å². The van der Waals surface area contributed by atoms with Gasteiger partial charge in [-0.1, -0.05) is 13.8 Å². The summed E-state index contributed by atoms with van der Waals surface area (Å²) in [6.07, 6.45) is 4.04. The van der Waals surface area contributed by atoms with E-state index in [1.54, 1.807) is 0 Å². The molecule has 0 fully saturated rings. The Hall–Kier alpha value is -1.62. The van der Waals surface area contributed by atoms with E-state index in [9.17, 15) is 0 Å². The smallest absolute Gasteiger partial charge is 0.0762 e. The minimum Gasteiger partial charge on any atom is -0.307 e. The molecule has 0 atom stereocenters. The van der Waals surface area contributed by atoms with Crippen LogP contribution in [-0.4, -0.2) is 19.6 Å². The van der Waals surface area contributed by atoms with Crippen LogP contribution in [0.5, 0.6) is 0 Å². The third-order valence-corrected chi connectivity index (χ3v) is 2.87. The molecule has 2 rings (SSSR count). The van der Waals surface area contributed by atoms with Gasteiger partial charge in [-0.3, -0.25) is 9.36 Å². The van der Waals surface area contributed by atoms with Crippen molar-refractivity contribution < 1.29 is 0 Å². The predicted octanol–water partition coefficient (Wildman–Crippen LogP) is 1.57. The fourth-order valence-corrected chi connectivity index (χ4v) is 2.06. The van der Waals surface area contributed by atoms with Crippen LogP contribution in [0, 0.1) is 0 Å². The molecule has 18 heavy (non-hydrogen) atoms. The molecule has 0 aliphatic rings. The van der Waals surface area contributed by atoms with Crippen molar-refractivity contribution in [1.82, 2.24) is 24.9 Å². The maximum Gasteiger partial charge on any atom is 0.0762 e. The summed E-state index contributed by atoms with van der Waals surface area (Å²) in [6, 6.07) is 2.03. The third-order valence-electron chi connectivity index (χ3n) is 2.87. The minimum atomic E-state index is 0.456. The van der Waals surface area contributed by atoms with Gasteiger partial charge in [0, 0.05) is 45.1 Å². The van der Waals surface area contributed by atoms with Crippen molar-refractivity contribution in [2.24, 2.45) is 14.1 Å². The molecule has 0 saturated heterocycles. The number of nitrogens with zero attached hydrogens (tertiary/aromatic N) is 4. The van der Waals surface area contributed by atoms with E-state index >= 15 is 0 Å². The Bertz CT molecular complexity index is 509. The normalized spacial score (nSPS) is 11.4. The van der Waals surface area contributed by atoms with Crippen LogP contribution in [0.2, 0.25) is 0 Å². The standard InChI is InChI=1S/C13H21N5/c1-10(2)13-11(9-18(4)16-13)7-14-8-12-5-6-17(3)15-12/h5-6,9-10,14H,7-8H2,1-4H3. The molecule has 0 radical (unpaired) electrons. The van der Waals surface area contributed by atoms with Crippen LogP contribution in [0.15, 0.2) is 18.5 Å². The predicted molar refractivity (Wildman–Crippen MR) is 71.0 cm³/mol. The highest BCUT2D eigenvalue weighted by Gasteiger charge is 2.10. The van der Waals surface area contributed by atoms with Gasteiger partial charge in [-0.15, -0.1) is 0 Å². The molecule has 0 amide bonds. The van der Waals surface area contributed by atoms with E-state index in [-0.39, 0.29) is 0 Å². The third kappa shape index (κ3) is 2.98. The molecule has 5 heteroatoms. The molecular formula is C13H21N5. The van der Waals surface area contributed by atoms with Crippen LogP contribution >= 0.6 is 0 Å². The lowest BCUT2D eigenvalue weighted by molar-refractivity contribution is 0.649. The van der Waals surface area contributed by atoms with Gasteiger partial charge in [-0.05, 0) is 12.0 Å². The van der Waals surface area contributed by atoms with Gasteiger partial charge < -0.3 is 5.32 Å². The summed E-state index contributed by atoms with van der Waals surface area (Å²) >= 11 is 0. The first-order valence-electron chi connectivity index (χ1n) is 6.28. The Morgan fingerprint density at radius 2 is 1.94 bits per heavy atom. The van der Waals surface area contributed by atoms with Crippen LogP contribution in [0.3, 0.4) is 0 Å². The van der Waals surface area contributed by atoms with Crippen LogP contribution < -0.4 is 5.32 Å². The SMILES string of the molecule is CC(C)c1nn(C)cc1CNCc1ccn(C)n1. The first-order valence-corrected chi connectivity index (χ1v) is 6.28. The molecule has 0 aliphatic carbocycles.